The number of aliphatic hydroxyl groups excluding tert-OH is 1. The van der Waals surface area contributed by atoms with E-state index < -0.39 is 0 Å². The van der Waals surface area contributed by atoms with Gasteiger partial charge in [-0.05, 0) is 25.8 Å². The average Bonchev–Trinajstić information content (AvgIpc) is 2.42. The van der Waals surface area contributed by atoms with Crippen molar-refractivity contribution in [1.29, 1.82) is 0 Å². The molecule has 1 unspecified atom stereocenters. The van der Waals surface area contributed by atoms with Crippen molar-refractivity contribution in [2.75, 3.05) is 37.6 Å². The molecule has 19 heavy (non-hydrogen) atoms. The summed E-state index contributed by atoms with van der Waals surface area (Å²) in [6, 6.07) is 0. The van der Waals surface area contributed by atoms with Crippen LogP contribution < -0.4 is 4.90 Å². The van der Waals surface area contributed by atoms with E-state index in [0.717, 1.165) is 56.4 Å². The molecule has 0 spiro atoms. The molecule has 1 N–H and O–H groups in total. The van der Waals surface area contributed by atoms with Gasteiger partial charge in [-0.1, -0.05) is 6.92 Å². The average molecular weight is 264 g/mol. The van der Waals surface area contributed by atoms with Crippen LogP contribution in [0.2, 0.25) is 0 Å². The summed E-state index contributed by atoms with van der Waals surface area (Å²) in [5.74, 6) is 0.832. The van der Waals surface area contributed by atoms with Gasteiger partial charge in [0.1, 0.15) is 0 Å². The molecule has 5 heteroatoms. The number of hydrogen-bond donors (Lipinski definition) is 1. The molecule has 2 rings (SSSR count). The van der Waals surface area contributed by atoms with Crippen LogP contribution in [0.3, 0.4) is 0 Å². The van der Waals surface area contributed by atoms with Gasteiger partial charge in [0, 0.05) is 44.6 Å². The maximum atomic E-state index is 9.68. The van der Waals surface area contributed by atoms with Gasteiger partial charge in [0.2, 0.25) is 5.95 Å². The minimum absolute atomic E-state index is 0.204. The second kappa shape index (κ2) is 6.30. The fourth-order valence-electron chi connectivity index (χ4n) is 2.22. The first-order chi connectivity index (χ1) is 9.10. The van der Waals surface area contributed by atoms with Crippen LogP contribution >= 0.6 is 0 Å². The summed E-state index contributed by atoms with van der Waals surface area (Å²) in [5.41, 5.74) is 2.18. The van der Waals surface area contributed by atoms with Crippen molar-refractivity contribution in [3.63, 3.8) is 0 Å². The van der Waals surface area contributed by atoms with Gasteiger partial charge in [0.05, 0.1) is 6.10 Å². The van der Waals surface area contributed by atoms with Gasteiger partial charge in [0.25, 0.3) is 0 Å². The third kappa shape index (κ3) is 3.64. The van der Waals surface area contributed by atoms with Crippen LogP contribution in [0.25, 0.3) is 0 Å². The molecule has 1 fully saturated rings. The summed E-state index contributed by atoms with van der Waals surface area (Å²) in [6.45, 7) is 10.6. The summed E-state index contributed by atoms with van der Waals surface area (Å²) < 4.78 is 0. The lowest BCUT2D eigenvalue weighted by Gasteiger charge is -2.35. The van der Waals surface area contributed by atoms with Crippen LogP contribution in [0.15, 0.2) is 6.20 Å². The van der Waals surface area contributed by atoms with Gasteiger partial charge in [-0.15, -0.1) is 0 Å². The third-order valence-electron chi connectivity index (χ3n) is 3.81. The molecule has 1 aliphatic rings. The van der Waals surface area contributed by atoms with E-state index in [1.807, 2.05) is 27.0 Å². The van der Waals surface area contributed by atoms with Gasteiger partial charge >= 0.3 is 0 Å². The molecule has 1 saturated heterocycles. The first-order valence-electron chi connectivity index (χ1n) is 7.05. The highest BCUT2D eigenvalue weighted by Crippen LogP contribution is 2.13. The Morgan fingerprint density at radius 3 is 2.53 bits per heavy atom. The molecular formula is C14H24N4O. The molecule has 1 aromatic heterocycles. The fraction of sp³-hybridized carbons (Fsp3) is 0.714. The predicted octanol–water partition coefficient (Wildman–Crippen LogP) is 0.986. The van der Waals surface area contributed by atoms with Crippen LogP contribution in [-0.2, 0) is 0 Å². The van der Waals surface area contributed by atoms with Crippen molar-refractivity contribution in [3.05, 3.63) is 17.5 Å². The van der Waals surface area contributed by atoms with Crippen LogP contribution in [0.4, 0.5) is 5.95 Å². The van der Waals surface area contributed by atoms with Gasteiger partial charge < -0.3 is 10.0 Å². The van der Waals surface area contributed by atoms with E-state index in [1.165, 1.54) is 0 Å². The molecule has 0 saturated carbocycles. The summed E-state index contributed by atoms with van der Waals surface area (Å²) in [4.78, 5) is 13.5. The Balaban J connectivity index is 1.90. The summed E-state index contributed by atoms with van der Waals surface area (Å²) in [6.07, 6.45) is 2.51. The van der Waals surface area contributed by atoms with Crippen LogP contribution in [-0.4, -0.2) is 58.8 Å². The number of nitrogens with zero attached hydrogens (tertiary/aromatic N) is 4. The van der Waals surface area contributed by atoms with Gasteiger partial charge in [0.15, 0.2) is 0 Å². The monoisotopic (exact) mass is 264 g/mol. The maximum Gasteiger partial charge on any atom is 0.225 e. The normalized spacial score (nSPS) is 18.6. The van der Waals surface area contributed by atoms with E-state index in [9.17, 15) is 5.11 Å². The number of aliphatic hydroxyl groups is 1. The number of aromatic nitrogens is 2. The first kappa shape index (κ1) is 14.2. The van der Waals surface area contributed by atoms with Crippen molar-refractivity contribution in [2.45, 2.75) is 33.3 Å². The zero-order valence-electron chi connectivity index (χ0n) is 12.1. The molecule has 0 radical (unpaired) electrons. The highest BCUT2D eigenvalue weighted by molar-refractivity contribution is 5.33. The lowest BCUT2D eigenvalue weighted by Crippen LogP contribution is -2.49. The van der Waals surface area contributed by atoms with Crippen molar-refractivity contribution in [3.8, 4) is 0 Å². The largest absolute Gasteiger partial charge is 0.392 e. The standard InChI is InChI=1S/C14H24N4O/c1-4-13(19)10-17-5-7-18(8-6-17)14-15-9-11(2)12(3)16-14/h9,13,19H,4-8,10H2,1-3H3. The number of hydrogen-bond acceptors (Lipinski definition) is 5. The fourth-order valence-corrected chi connectivity index (χ4v) is 2.22. The Morgan fingerprint density at radius 2 is 1.95 bits per heavy atom. The van der Waals surface area contributed by atoms with E-state index in [2.05, 4.69) is 19.8 Å². The lowest BCUT2D eigenvalue weighted by molar-refractivity contribution is 0.106. The lowest BCUT2D eigenvalue weighted by atomic mass is 10.2. The molecule has 0 amide bonds. The smallest absolute Gasteiger partial charge is 0.225 e. The zero-order valence-corrected chi connectivity index (χ0v) is 12.1. The predicted molar refractivity (Wildman–Crippen MR) is 76.5 cm³/mol. The molecular weight excluding hydrogens is 240 g/mol. The molecule has 0 bridgehead atoms. The van der Waals surface area contributed by atoms with E-state index >= 15 is 0 Å². The van der Waals surface area contributed by atoms with Gasteiger partial charge in [-0.3, -0.25) is 4.90 Å². The Morgan fingerprint density at radius 1 is 1.26 bits per heavy atom. The van der Waals surface area contributed by atoms with Gasteiger partial charge in [-0.2, -0.15) is 0 Å². The van der Waals surface area contributed by atoms with E-state index in [-0.39, 0.29) is 6.10 Å². The molecule has 5 nitrogen and oxygen atoms in total. The van der Waals surface area contributed by atoms with E-state index in [4.69, 9.17) is 0 Å². The minimum atomic E-state index is -0.204. The number of piperazine rings is 1. The third-order valence-corrected chi connectivity index (χ3v) is 3.81. The minimum Gasteiger partial charge on any atom is -0.392 e. The second-order valence-electron chi connectivity index (χ2n) is 5.29. The van der Waals surface area contributed by atoms with Crippen molar-refractivity contribution in [2.24, 2.45) is 0 Å². The van der Waals surface area contributed by atoms with Crippen molar-refractivity contribution >= 4 is 5.95 Å². The number of anilines is 1. The maximum absolute atomic E-state index is 9.68. The zero-order chi connectivity index (χ0) is 13.8. The van der Waals surface area contributed by atoms with Gasteiger partial charge in [-0.25, -0.2) is 9.97 Å². The SMILES string of the molecule is CCC(O)CN1CCN(c2ncc(C)c(C)n2)CC1. The van der Waals surface area contributed by atoms with Crippen LogP contribution in [0, 0.1) is 13.8 Å². The Kier molecular flexibility index (Phi) is 4.71. The first-order valence-corrected chi connectivity index (χ1v) is 7.05. The highest BCUT2D eigenvalue weighted by atomic mass is 16.3. The molecule has 2 heterocycles. The van der Waals surface area contributed by atoms with Crippen molar-refractivity contribution in [1.82, 2.24) is 14.9 Å². The summed E-state index contributed by atoms with van der Waals surface area (Å²) >= 11 is 0. The number of aryl methyl sites for hydroxylation is 2. The Hall–Kier alpha value is -1.20. The molecule has 1 aromatic rings. The number of β-amino-alcohol motifs (C(OH)–C–C–N with tert-alkyl or cyclic N) is 1. The topological polar surface area (TPSA) is 52.5 Å². The Bertz CT molecular complexity index is 416. The highest BCUT2D eigenvalue weighted by Gasteiger charge is 2.20. The summed E-state index contributed by atoms with van der Waals surface area (Å²) in [7, 11) is 0. The van der Waals surface area contributed by atoms with Crippen molar-refractivity contribution < 1.29 is 5.11 Å². The second-order valence-corrected chi connectivity index (χ2v) is 5.29. The summed E-state index contributed by atoms with van der Waals surface area (Å²) in [5, 5.41) is 9.68. The molecule has 1 atom stereocenters. The molecule has 0 aromatic carbocycles. The van der Waals surface area contributed by atoms with E-state index in [1.54, 1.807) is 0 Å². The molecule has 106 valence electrons. The van der Waals surface area contributed by atoms with E-state index in [0.29, 0.717) is 0 Å². The number of rotatable bonds is 4. The Labute approximate surface area is 115 Å². The van der Waals surface area contributed by atoms with Crippen LogP contribution in [0.5, 0.6) is 0 Å². The van der Waals surface area contributed by atoms with Crippen LogP contribution in [0.1, 0.15) is 24.6 Å². The molecule has 0 aliphatic carbocycles. The molecule has 1 aliphatic heterocycles. The quantitative estimate of drug-likeness (QED) is 0.879.